The molecule has 0 saturated carbocycles. The Morgan fingerprint density at radius 1 is 1.40 bits per heavy atom. The maximum absolute atomic E-state index is 13.1. The summed E-state index contributed by atoms with van der Waals surface area (Å²) in [5, 5.41) is 0.787. The lowest BCUT2D eigenvalue weighted by Crippen LogP contribution is -2.32. The molecule has 0 spiro atoms. The fourth-order valence-electron chi connectivity index (χ4n) is 3.68. The fraction of sp³-hybridized carbons (Fsp3) is 0.368. The first-order valence-corrected chi connectivity index (χ1v) is 11.4. The number of hydrogen-bond acceptors (Lipinski definition) is 6. The Kier molecular flexibility index (Phi) is 5.58. The molecule has 2 aromatic heterocycles. The largest absolute Gasteiger partial charge is 0.462 e. The van der Waals surface area contributed by atoms with Gasteiger partial charge in [-0.2, -0.15) is 4.31 Å². The van der Waals surface area contributed by atoms with Gasteiger partial charge in [-0.1, -0.05) is 6.92 Å². The van der Waals surface area contributed by atoms with Crippen molar-refractivity contribution in [2.75, 3.05) is 19.7 Å². The van der Waals surface area contributed by atoms with E-state index in [-0.39, 0.29) is 35.2 Å². The molecule has 9 nitrogen and oxygen atoms in total. The molecule has 1 fully saturated rings. The third-order valence-corrected chi connectivity index (χ3v) is 7.39. The average molecular weight is 453 g/mol. The SMILES string of the molecule is CCCOC(=O)c1c[nH]c2c(=O)[nH]c3ccc(S(=O)(=O)N4CC[C@@H](NCl)C4)cc3c12. The number of aromatic nitrogens is 2. The van der Waals surface area contributed by atoms with Gasteiger partial charge in [-0.3, -0.25) is 4.79 Å². The number of ether oxygens (including phenoxy) is 1. The molecule has 1 aliphatic rings. The zero-order valence-electron chi connectivity index (χ0n) is 16.2. The summed E-state index contributed by atoms with van der Waals surface area (Å²) in [4.78, 5) is 33.1. The molecule has 0 aliphatic carbocycles. The van der Waals surface area contributed by atoms with E-state index in [1.165, 1.54) is 28.7 Å². The van der Waals surface area contributed by atoms with Crippen LogP contribution >= 0.6 is 11.8 Å². The number of aromatic amines is 2. The average Bonchev–Trinajstić information content (AvgIpc) is 3.40. The van der Waals surface area contributed by atoms with Crippen molar-refractivity contribution >= 4 is 49.6 Å². The van der Waals surface area contributed by atoms with Crippen LogP contribution in [0.5, 0.6) is 0 Å². The first kappa shape index (κ1) is 20.9. The Morgan fingerprint density at radius 3 is 2.90 bits per heavy atom. The normalized spacial score (nSPS) is 17.7. The number of carbonyl (C=O) groups excluding carboxylic acids is 1. The third-order valence-electron chi connectivity index (χ3n) is 5.22. The van der Waals surface area contributed by atoms with E-state index in [0.29, 0.717) is 35.7 Å². The maximum Gasteiger partial charge on any atom is 0.340 e. The van der Waals surface area contributed by atoms with Crippen LogP contribution in [0.1, 0.15) is 30.1 Å². The number of sulfonamides is 1. The van der Waals surface area contributed by atoms with Gasteiger partial charge in [-0.15, -0.1) is 0 Å². The molecule has 1 saturated heterocycles. The molecule has 0 unspecified atom stereocenters. The lowest BCUT2D eigenvalue weighted by atomic mass is 10.1. The van der Waals surface area contributed by atoms with E-state index in [0.717, 1.165) is 0 Å². The summed E-state index contributed by atoms with van der Waals surface area (Å²) >= 11 is 5.65. The lowest BCUT2D eigenvalue weighted by molar-refractivity contribution is 0.0507. The third kappa shape index (κ3) is 3.49. The number of H-pyrrole nitrogens is 2. The van der Waals surface area contributed by atoms with Gasteiger partial charge in [0.25, 0.3) is 5.56 Å². The van der Waals surface area contributed by atoms with Crippen molar-refractivity contribution < 1.29 is 17.9 Å². The Balaban J connectivity index is 1.86. The van der Waals surface area contributed by atoms with Crippen molar-refractivity contribution in [1.29, 1.82) is 0 Å². The van der Waals surface area contributed by atoms with Crippen LogP contribution in [0.25, 0.3) is 21.8 Å². The highest BCUT2D eigenvalue weighted by Crippen LogP contribution is 2.29. The van der Waals surface area contributed by atoms with E-state index < -0.39 is 21.6 Å². The van der Waals surface area contributed by atoms with Crippen LogP contribution < -0.4 is 10.4 Å². The van der Waals surface area contributed by atoms with Crippen LogP contribution in [0, 0.1) is 0 Å². The Labute approximate surface area is 177 Å². The van der Waals surface area contributed by atoms with Crippen LogP contribution in [0.3, 0.4) is 0 Å². The summed E-state index contributed by atoms with van der Waals surface area (Å²) in [7, 11) is -3.77. The predicted molar refractivity (Wildman–Crippen MR) is 113 cm³/mol. The molecule has 30 heavy (non-hydrogen) atoms. The summed E-state index contributed by atoms with van der Waals surface area (Å²) in [6, 6.07) is 4.34. The number of esters is 1. The zero-order valence-corrected chi connectivity index (χ0v) is 17.8. The minimum Gasteiger partial charge on any atom is -0.462 e. The number of halogens is 1. The molecule has 1 aliphatic heterocycles. The molecular formula is C19H21ClN4O5S. The molecule has 160 valence electrons. The van der Waals surface area contributed by atoms with E-state index in [4.69, 9.17) is 16.5 Å². The van der Waals surface area contributed by atoms with Crippen LogP contribution in [-0.2, 0) is 14.8 Å². The van der Waals surface area contributed by atoms with E-state index in [2.05, 4.69) is 14.8 Å². The predicted octanol–water partition coefficient (Wildman–Crippen LogP) is 2.08. The minimum absolute atomic E-state index is 0.0765. The van der Waals surface area contributed by atoms with E-state index in [9.17, 15) is 18.0 Å². The van der Waals surface area contributed by atoms with E-state index >= 15 is 0 Å². The topological polar surface area (TPSA) is 124 Å². The van der Waals surface area contributed by atoms with Gasteiger partial charge in [0.05, 0.1) is 17.1 Å². The van der Waals surface area contributed by atoms with Crippen LogP contribution in [0.15, 0.2) is 34.1 Å². The van der Waals surface area contributed by atoms with Gasteiger partial charge >= 0.3 is 5.97 Å². The van der Waals surface area contributed by atoms with Gasteiger partial charge < -0.3 is 14.7 Å². The number of nitrogens with one attached hydrogen (secondary N) is 3. The summed E-state index contributed by atoms with van der Waals surface area (Å²) in [5.74, 6) is -0.571. The van der Waals surface area contributed by atoms with Gasteiger partial charge in [0, 0.05) is 41.6 Å². The molecule has 1 aromatic carbocycles. The fourth-order valence-corrected chi connectivity index (χ4v) is 5.39. The van der Waals surface area contributed by atoms with Gasteiger partial charge in [0.15, 0.2) is 0 Å². The van der Waals surface area contributed by atoms with Crippen molar-refractivity contribution in [3.63, 3.8) is 0 Å². The number of carbonyl (C=O) groups is 1. The van der Waals surface area contributed by atoms with E-state index in [1.54, 1.807) is 0 Å². The van der Waals surface area contributed by atoms with Crippen LogP contribution in [-0.4, -0.2) is 54.4 Å². The number of benzene rings is 1. The highest BCUT2D eigenvalue weighted by atomic mass is 35.5. The highest BCUT2D eigenvalue weighted by molar-refractivity contribution is 7.89. The summed E-state index contributed by atoms with van der Waals surface area (Å²) < 4.78 is 32.8. The van der Waals surface area contributed by atoms with Gasteiger partial charge in [-0.25, -0.2) is 18.0 Å². The second-order valence-corrected chi connectivity index (χ2v) is 9.36. The van der Waals surface area contributed by atoms with Crippen molar-refractivity contribution in [2.24, 2.45) is 0 Å². The first-order chi connectivity index (χ1) is 14.4. The van der Waals surface area contributed by atoms with Gasteiger partial charge in [0.1, 0.15) is 5.52 Å². The number of rotatable bonds is 6. The Hall–Kier alpha value is -2.40. The van der Waals surface area contributed by atoms with Crippen molar-refractivity contribution in [1.82, 2.24) is 19.1 Å². The molecule has 3 aromatic rings. The molecule has 3 heterocycles. The van der Waals surface area contributed by atoms with Crippen molar-refractivity contribution in [2.45, 2.75) is 30.7 Å². The number of pyridine rings is 1. The lowest BCUT2D eigenvalue weighted by Gasteiger charge is -2.17. The molecular weight excluding hydrogens is 432 g/mol. The first-order valence-electron chi connectivity index (χ1n) is 9.57. The monoisotopic (exact) mass is 452 g/mol. The summed E-state index contributed by atoms with van der Waals surface area (Å²) in [6.07, 6.45) is 2.68. The zero-order chi connectivity index (χ0) is 21.5. The molecule has 0 amide bonds. The minimum atomic E-state index is -3.77. The molecule has 0 bridgehead atoms. The van der Waals surface area contributed by atoms with Crippen LogP contribution in [0.2, 0.25) is 0 Å². The standard InChI is InChI=1S/C19H21ClN4O5S/c1-2-7-29-19(26)14-9-21-17-16(14)13-8-12(3-4-15(13)22-18(17)25)30(27,28)24-6-5-11(10-24)23-20/h3-4,8-9,11,21,23H,2,5-7,10H2,1H3,(H,22,25)/t11-/m1/s1. The van der Waals surface area contributed by atoms with Gasteiger partial charge in [-0.05, 0) is 42.8 Å². The highest BCUT2D eigenvalue weighted by Gasteiger charge is 2.32. The summed E-state index contributed by atoms with van der Waals surface area (Å²) in [5.41, 5.74) is 0.403. The molecule has 3 N–H and O–H groups in total. The van der Waals surface area contributed by atoms with E-state index in [1.807, 2.05) is 6.92 Å². The molecule has 4 rings (SSSR count). The van der Waals surface area contributed by atoms with Crippen molar-refractivity contribution in [3.05, 3.63) is 40.3 Å². The maximum atomic E-state index is 13.1. The summed E-state index contributed by atoms with van der Waals surface area (Å²) in [6.45, 7) is 2.74. The van der Waals surface area contributed by atoms with Crippen LogP contribution in [0.4, 0.5) is 0 Å². The number of hydrogen-bond donors (Lipinski definition) is 3. The Bertz CT molecular complexity index is 1280. The molecule has 1 atom stereocenters. The number of nitrogens with zero attached hydrogens (tertiary/aromatic N) is 1. The Morgan fingerprint density at radius 2 is 2.20 bits per heavy atom. The second kappa shape index (κ2) is 8.03. The second-order valence-electron chi connectivity index (χ2n) is 7.21. The molecule has 11 heteroatoms. The van der Waals surface area contributed by atoms with Gasteiger partial charge in [0.2, 0.25) is 10.0 Å². The number of fused-ring (bicyclic) bond motifs is 3. The molecule has 0 radical (unpaired) electrons. The van der Waals surface area contributed by atoms with Crippen molar-refractivity contribution in [3.8, 4) is 0 Å². The smallest absolute Gasteiger partial charge is 0.340 e. The quantitative estimate of drug-likeness (QED) is 0.388.